The van der Waals surface area contributed by atoms with Crippen LogP contribution in [0.15, 0.2) is 72.9 Å². The van der Waals surface area contributed by atoms with Crippen LogP contribution in [0.5, 0.6) is 0 Å². The lowest BCUT2D eigenvalue weighted by Crippen LogP contribution is -2.64. The van der Waals surface area contributed by atoms with E-state index < -0.39 is 63.1 Å². The first-order chi connectivity index (χ1) is 30.0. The predicted octanol–water partition coefficient (Wildman–Crippen LogP) is 9.97. The maximum absolute atomic E-state index is 12.8. The minimum absolute atomic E-state index is 0.0937. The van der Waals surface area contributed by atoms with Crippen LogP contribution in [0.4, 0.5) is 0 Å². The van der Waals surface area contributed by atoms with E-state index in [4.69, 9.17) is 18.5 Å². The van der Waals surface area contributed by atoms with E-state index >= 15 is 0 Å². The second-order valence-electron chi connectivity index (χ2n) is 16.2. The highest BCUT2D eigenvalue weighted by Gasteiger charge is 2.51. The van der Waals surface area contributed by atoms with Crippen LogP contribution in [0.25, 0.3) is 0 Å². The van der Waals surface area contributed by atoms with E-state index in [2.05, 4.69) is 86.8 Å². The largest absolute Gasteiger partial charge is 0.472 e. The van der Waals surface area contributed by atoms with Gasteiger partial charge < -0.3 is 39.9 Å². The molecule has 0 aromatic carbocycles. The number of hydrogen-bond acceptors (Lipinski definition) is 11. The molecule has 1 aliphatic rings. The molecule has 0 bridgehead atoms. The summed E-state index contributed by atoms with van der Waals surface area (Å²) in [6.45, 7) is 4.07. The first-order valence-corrected chi connectivity index (χ1v) is 25.3. The average molecular weight is 897 g/mol. The lowest BCUT2D eigenvalue weighted by molar-refractivity contribution is -0.220. The van der Waals surface area contributed by atoms with Crippen LogP contribution in [0.1, 0.15) is 168 Å². The van der Waals surface area contributed by atoms with Crippen LogP contribution in [-0.4, -0.2) is 98.9 Å². The molecule has 13 heteroatoms. The normalized spacial score (nSPS) is 22.6. The van der Waals surface area contributed by atoms with E-state index in [1.165, 1.54) is 25.7 Å². The first-order valence-electron chi connectivity index (χ1n) is 23.8. The van der Waals surface area contributed by atoms with Gasteiger partial charge in [-0.3, -0.25) is 13.8 Å². The molecule has 12 nitrogen and oxygen atoms in total. The van der Waals surface area contributed by atoms with Gasteiger partial charge in [0.05, 0.1) is 13.2 Å². The molecule has 0 amide bonds. The van der Waals surface area contributed by atoms with E-state index in [0.29, 0.717) is 13.0 Å². The Hall–Kier alpha value is -2.22. The Balaban J connectivity index is 2.41. The number of phosphoric ester groups is 1. The summed E-state index contributed by atoms with van der Waals surface area (Å²) in [6, 6.07) is 0. The van der Waals surface area contributed by atoms with Crippen LogP contribution in [-0.2, 0) is 27.9 Å². The molecule has 0 radical (unpaired) electrons. The number of hydrogen-bond donors (Lipinski definition) is 6. The van der Waals surface area contributed by atoms with Gasteiger partial charge in [0.25, 0.3) is 0 Å². The van der Waals surface area contributed by atoms with Gasteiger partial charge >= 0.3 is 13.8 Å². The number of unbranched alkanes of at least 4 members (excludes halogenated alkanes) is 15. The summed E-state index contributed by atoms with van der Waals surface area (Å²) >= 11 is 0. The molecule has 0 heterocycles. The molecule has 358 valence electrons. The van der Waals surface area contributed by atoms with Crippen molar-refractivity contribution in [3.63, 3.8) is 0 Å². The Bertz CT molecular complexity index is 1300. The molecule has 1 aliphatic carbocycles. The molecule has 0 aromatic rings. The summed E-state index contributed by atoms with van der Waals surface area (Å²) in [5.41, 5.74) is 0. The van der Waals surface area contributed by atoms with E-state index in [9.17, 15) is 39.8 Å². The fourth-order valence-electron chi connectivity index (χ4n) is 6.79. The highest BCUT2D eigenvalue weighted by molar-refractivity contribution is 7.47. The zero-order valence-electron chi connectivity index (χ0n) is 38.1. The standard InChI is InChI=1S/C49H85O12P/c1-3-5-7-9-11-13-15-17-19-21-22-23-24-26-28-30-32-34-36-38-43(50)60-42(41-59-62(56,57)61-49-47(54)45(52)44(51)46(53)48(49)55)40-58-39-37-35-33-31-29-27-25-20-18-16-14-12-10-8-6-4-2/h5,7,11-14,17-20,22-23,42,44-49,51-55H,3-4,6,8-10,15-16,21,24-41H2,1-2H3,(H,56,57)/b7-5-,13-11-,14-12-,19-17-,20-18-,23-22-. The minimum atomic E-state index is -5.03. The van der Waals surface area contributed by atoms with Crippen molar-refractivity contribution in [3.8, 4) is 0 Å². The lowest BCUT2D eigenvalue weighted by atomic mass is 9.85. The summed E-state index contributed by atoms with van der Waals surface area (Å²) in [5.74, 6) is -0.498. The van der Waals surface area contributed by atoms with Crippen molar-refractivity contribution in [2.75, 3.05) is 19.8 Å². The lowest BCUT2D eigenvalue weighted by Gasteiger charge is -2.41. The smallest absolute Gasteiger partial charge is 0.457 e. The van der Waals surface area contributed by atoms with E-state index in [-0.39, 0.29) is 13.0 Å². The zero-order valence-corrected chi connectivity index (χ0v) is 39.0. The molecular weight excluding hydrogens is 812 g/mol. The van der Waals surface area contributed by atoms with Gasteiger partial charge in [-0.2, -0.15) is 0 Å². The van der Waals surface area contributed by atoms with Gasteiger partial charge in [0.1, 0.15) is 42.7 Å². The van der Waals surface area contributed by atoms with E-state index in [0.717, 1.165) is 116 Å². The Morgan fingerprint density at radius 3 is 1.45 bits per heavy atom. The maximum Gasteiger partial charge on any atom is 0.472 e. The molecule has 62 heavy (non-hydrogen) atoms. The van der Waals surface area contributed by atoms with Crippen molar-refractivity contribution in [1.82, 2.24) is 0 Å². The Kier molecular flexibility index (Phi) is 36.5. The third kappa shape index (κ3) is 30.8. The minimum Gasteiger partial charge on any atom is -0.457 e. The molecule has 1 saturated carbocycles. The summed E-state index contributed by atoms with van der Waals surface area (Å²) < 4.78 is 34.2. The van der Waals surface area contributed by atoms with Crippen LogP contribution in [0.3, 0.4) is 0 Å². The van der Waals surface area contributed by atoms with Crippen molar-refractivity contribution in [3.05, 3.63) is 72.9 Å². The molecule has 0 aromatic heterocycles. The van der Waals surface area contributed by atoms with Crippen molar-refractivity contribution in [2.24, 2.45) is 0 Å². The molecule has 6 N–H and O–H groups in total. The number of aliphatic hydroxyl groups excluding tert-OH is 5. The Morgan fingerprint density at radius 1 is 0.532 bits per heavy atom. The van der Waals surface area contributed by atoms with Crippen molar-refractivity contribution >= 4 is 13.8 Å². The third-order valence-corrected chi connectivity index (χ3v) is 11.5. The maximum atomic E-state index is 12.8. The van der Waals surface area contributed by atoms with Gasteiger partial charge in [-0.25, -0.2) is 4.57 Å². The molecular formula is C49H85O12P. The number of allylic oxidation sites excluding steroid dienone is 12. The molecule has 0 saturated heterocycles. The zero-order chi connectivity index (χ0) is 45.5. The summed E-state index contributed by atoms with van der Waals surface area (Å²) in [4.78, 5) is 23.2. The van der Waals surface area contributed by atoms with Crippen molar-refractivity contribution in [2.45, 2.75) is 211 Å². The highest BCUT2D eigenvalue weighted by atomic mass is 31.2. The second kappa shape index (κ2) is 39.2. The van der Waals surface area contributed by atoms with Crippen molar-refractivity contribution in [1.29, 1.82) is 0 Å². The van der Waals surface area contributed by atoms with E-state index in [1.54, 1.807) is 0 Å². The molecule has 0 spiro atoms. The van der Waals surface area contributed by atoms with Gasteiger partial charge in [0.15, 0.2) is 0 Å². The Morgan fingerprint density at radius 2 is 0.952 bits per heavy atom. The number of aliphatic hydroxyl groups is 5. The number of rotatable bonds is 39. The van der Waals surface area contributed by atoms with Gasteiger partial charge in [-0.15, -0.1) is 0 Å². The van der Waals surface area contributed by atoms with Crippen LogP contribution < -0.4 is 0 Å². The fraction of sp³-hybridized carbons (Fsp3) is 0.735. The molecule has 0 aliphatic heterocycles. The second-order valence-corrected chi connectivity index (χ2v) is 17.6. The quantitative estimate of drug-likeness (QED) is 0.0148. The first kappa shape index (κ1) is 57.8. The summed E-state index contributed by atoms with van der Waals surface area (Å²) in [7, 11) is -5.03. The van der Waals surface area contributed by atoms with Gasteiger partial charge in [0, 0.05) is 13.0 Å². The number of esters is 1. The summed E-state index contributed by atoms with van der Waals surface area (Å²) in [5, 5.41) is 50.2. The van der Waals surface area contributed by atoms with Gasteiger partial charge in [0.2, 0.25) is 0 Å². The number of carbonyl (C=O) groups is 1. The highest BCUT2D eigenvalue weighted by Crippen LogP contribution is 2.47. The molecule has 1 fully saturated rings. The third-order valence-electron chi connectivity index (χ3n) is 10.6. The van der Waals surface area contributed by atoms with E-state index in [1.807, 2.05) is 0 Å². The van der Waals surface area contributed by atoms with Crippen molar-refractivity contribution < 1.29 is 58.3 Å². The Labute approximate surface area is 374 Å². The summed E-state index contributed by atoms with van der Waals surface area (Å²) in [6.07, 6.45) is 38.2. The average Bonchev–Trinajstić information content (AvgIpc) is 3.26. The fourth-order valence-corrected chi connectivity index (χ4v) is 7.76. The van der Waals surface area contributed by atoms with Gasteiger partial charge in [-0.05, 0) is 83.5 Å². The van der Waals surface area contributed by atoms with Gasteiger partial charge in [-0.1, -0.05) is 151 Å². The number of ether oxygens (including phenoxy) is 2. The molecule has 1 rings (SSSR count). The van der Waals surface area contributed by atoms with Crippen LogP contribution in [0, 0.1) is 0 Å². The number of carbonyl (C=O) groups excluding carboxylic acids is 1. The van der Waals surface area contributed by atoms with Crippen LogP contribution >= 0.6 is 7.82 Å². The van der Waals surface area contributed by atoms with Crippen LogP contribution in [0.2, 0.25) is 0 Å². The topological polar surface area (TPSA) is 192 Å². The predicted molar refractivity (Wildman–Crippen MR) is 248 cm³/mol. The molecule has 6 atom stereocenters. The SMILES string of the molecule is CC/C=C\C/C=C\C/C=C\C/C=C\CCCCCCCCC(=O)OC(COCCCCCCCC/C=C\C/C=C\CCCCC)COP(=O)(O)OC1C(O)C(O)C(O)C(O)C1O. The molecule has 6 unspecified atom stereocenters. The monoisotopic (exact) mass is 897 g/mol. The number of phosphoric acid groups is 1.